The number of benzene rings is 2. The van der Waals surface area contributed by atoms with Crippen LogP contribution in [0, 0.1) is 10.1 Å². The lowest BCUT2D eigenvalue weighted by Gasteiger charge is -2.10. The van der Waals surface area contributed by atoms with E-state index in [1.165, 1.54) is 30.3 Å². The number of primary amides is 1. The molecule has 0 spiro atoms. The van der Waals surface area contributed by atoms with Gasteiger partial charge in [0.05, 0.1) is 10.5 Å². The van der Waals surface area contributed by atoms with E-state index in [0.717, 1.165) is 0 Å². The van der Waals surface area contributed by atoms with Crippen molar-refractivity contribution in [2.24, 2.45) is 5.73 Å². The third-order valence-corrected chi connectivity index (χ3v) is 2.96. The predicted octanol–water partition coefficient (Wildman–Crippen LogP) is 2.93. The molecule has 108 valence electrons. The minimum atomic E-state index is -0.638. The molecular formula is C14H11ClN2O4. The topological polar surface area (TPSA) is 95.5 Å². The van der Waals surface area contributed by atoms with Crippen LogP contribution in [0.5, 0.6) is 5.75 Å². The van der Waals surface area contributed by atoms with Gasteiger partial charge in [0, 0.05) is 17.2 Å². The molecule has 2 rings (SSSR count). The zero-order valence-corrected chi connectivity index (χ0v) is 11.5. The lowest BCUT2D eigenvalue weighted by molar-refractivity contribution is -0.384. The maximum Gasteiger partial charge on any atom is 0.269 e. The summed E-state index contributed by atoms with van der Waals surface area (Å²) in [6.07, 6.45) is 0. The Hall–Kier alpha value is -2.60. The van der Waals surface area contributed by atoms with E-state index < -0.39 is 10.8 Å². The fraction of sp³-hybridized carbons (Fsp3) is 0.0714. The van der Waals surface area contributed by atoms with Gasteiger partial charge < -0.3 is 10.5 Å². The second-order valence-corrected chi connectivity index (χ2v) is 4.66. The van der Waals surface area contributed by atoms with Crippen molar-refractivity contribution in [1.82, 2.24) is 0 Å². The van der Waals surface area contributed by atoms with Crippen LogP contribution in [-0.2, 0) is 6.61 Å². The number of nitro groups is 1. The Morgan fingerprint density at radius 2 is 2.05 bits per heavy atom. The lowest BCUT2D eigenvalue weighted by Crippen LogP contribution is -2.13. The predicted molar refractivity (Wildman–Crippen MR) is 77.4 cm³/mol. The largest absolute Gasteiger partial charge is 0.488 e. The number of carbonyl (C=O) groups is 1. The van der Waals surface area contributed by atoms with E-state index in [2.05, 4.69) is 0 Å². The van der Waals surface area contributed by atoms with Gasteiger partial charge in [-0.3, -0.25) is 14.9 Å². The Morgan fingerprint density at radius 3 is 2.71 bits per heavy atom. The first-order valence-corrected chi connectivity index (χ1v) is 6.30. The van der Waals surface area contributed by atoms with Crippen LogP contribution in [0.1, 0.15) is 15.9 Å². The fourth-order valence-corrected chi connectivity index (χ4v) is 1.90. The van der Waals surface area contributed by atoms with E-state index in [-0.39, 0.29) is 23.6 Å². The third kappa shape index (κ3) is 3.70. The SMILES string of the molecule is NC(=O)c1ccc(Cl)cc1OCc1cccc([N+](=O)[O-])c1. The minimum Gasteiger partial charge on any atom is -0.488 e. The van der Waals surface area contributed by atoms with Gasteiger partial charge in [-0.05, 0) is 23.8 Å². The van der Waals surface area contributed by atoms with E-state index in [1.54, 1.807) is 12.1 Å². The van der Waals surface area contributed by atoms with Gasteiger partial charge in [-0.1, -0.05) is 23.7 Å². The number of nitro benzene ring substituents is 1. The zero-order chi connectivity index (χ0) is 15.4. The monoisotopic (exact) mass is 306 g/mol. The molecule has 21 heavy (non-hydrogen) atoms. The van der Waals surface area contributed by atoms with Crippen LogP contribution >= 0.6 is 11.6 Å². The van der Waals surface area contributed by atoms with E-state index in [0.29, 0.717) is 10.6 Å². The van der Waals surface area contributed by atoms with Crippen LogP contribution in [0.25, 0.3) is 0 Å². The van der Waals surface area contributed by atoms with Gasteiger partial charge in [0.25, 0.3) is 11.6 Å². The van der Waals surface area contributed by atoms with Crippen molar-refractivity contribution in [3.63, 3.8) is 0 Å². The molecule has 0 aliphatic rings. The number of ether oxygens (including phenoxy) is 1. The van der Waals surface area contributed by atoms with Gasteiger partial charge in [0.15, 0.2) is 0 Å². The Bertz CT molecular complexity index is 703. The van der Waals surface area contributed by atoms with E-state index >= 15 is 0 Å². The van der Waals surface area contributed by atoms with Gasteiger partial charge in [0.2, 0.25) is 0 Å². The number of hydrogen-bond donors (Lipinski definition) is 1. The summed E-state index contributed by atoms with van der Waals surface area (Å²) in [6, 6.07) is 10.5. The van der Waals surface area contributed by atoms with Crippen molar-refractivity contribution in [3.05, 3.63) is 68.7 Å². The van der Waals surface area contributed by atoms with Crippen molar-refractivity contribution in [3.8, 4) is 5.75 Å². The normalized spacial score (nSPS) is 10.1. The second-order valence-electron chi connectivity index (χ2n) is 4.22. The van der Waals surface area contributed by atoms with Gasteiger partial charge in [0.1, 0.15) is 12.4 Å². The smallest absolute Gasteiger partial charge is 0.269 e. The van der Waals surface area contributed by atoms with Crippen molar-refractivity contribution in [1.29, 1.82) is 0 Å². The van der Waals surface area contributed by atoms with Gasteiger partial charge in [-0.2, -0.15) is 0 Å². The first kappa shape index (κ1) is 14.8. The molecular weight excluding hydrogens is 296 g/mol. The highest BCUT2D eigenvalue weighted by molar-refractivity contribution is 6.30. The molecule has 0 unspecified atom stereocenters. The molecule has 0 saturated heterocycles. The summed E-state index contributed by atoms with van der Waals surface area (Å²) < 4.78 is 5.49. The van der Waals surface area contributed by atoms with Gasteiger partial charge in [-0.15, -0.1) is 0 Å². The number of hydrogen-bond acceptors (Lipinski definition) is 4. The maximum absolute atomic E-state index is 11.3. The molecule has 0 aliphatic carbocycles. The molecule has 0 aromatic heterocycles. The molecule has 6 nitrogen and oxygen atoms in total. The van der Waals surface area contributed by atoms with Crippen LogP contribution in [-0.4, -0.2) is 10.8 Å². The molecule has 0 bridgehead atoms. The first-order valence-electron chi connectivity index (χ1n) is 5.93. The van der Waals surface area contributed by atoms with Crippen LogP contribution in [0.3, 0.4) is 0 Å². The summed E-state index contributed by atoms with van der Waals surface area (Å²) in [4.78, 5) is 21.5. The number of non-ortho nitro benzene ring substituents is 1. The van der Waals surface area contributed by atoms with Crippen LogP contribution in [0.2, 0.25) is 5.02 Å². The van der Waals surface area contributed by atoms with Crippen molar-refractivity contribution < 1.29 is 14.5 Å². The van der Waals surface area contributed by atoms with Crippen molar-refractivity contribution in [2.75, 3.05) is 0 Å². The molecule has 0 aliphatic heterocycles. The highest BCUT2D eigenvalue weighted by Crippen LogP contribution is 2.24. The number of nitrogens with zero attached hydrogens (tertiary/aromatic N) is 1. The lowest BCUT2D eigenvalue weighted by atomic mass is 10.2. The second kappa shape index (κ2) is 6.23. The summed E-state index contributed by atoms with van der Waals surface area (Å²) >= 11 is 5.85. The number of halogens is 1. The summed E-state index contributed by atoms with van der Waals surface area (Å²) in [7, 11) is 0. The quantitative estimate of drug-likeness (QED) is 0.678. The average molecular weight is 307 g/mol. The van der Waals surface area contributed by atoms with Crippen molar-refractivity contribution in [2.45, 2.75) is 6.61 Å². The summed E-state index contributed by atoms with van der Waals surface area (Å²) in [6.45, 7) is 0.0578. The highest BCUT2D eigenvalue weighted by Gasteiger charge is 2.11. The third-order valence-electron chi connectivity index (χ3n) is 2.72. The van der Waals surface area contributed by atoms with Crippen molar-refractivity contribution >= 4 is 23.2 Å². The molecule has 0 radical (unpaired) electrons. The highest BCUT2D eigenvalue weighted by atomic mass is 35.5. The molecule has 0 atom stereocenters. The fourth-order valence-electron chi connectivity index (χ4n) is 1.74. The molecule has 2 aromatic rings. The number of amides is 1. The molecule has 2 aromatic carbocycles. The molecule has 0 heterocycles. The van der Waals surface area contributed by atoms with Gasteiger partial charge >= 0.3 is 0 Å². The first-order chi connectivity index (χ1) is 9.97. The molecule has 7 heteroatoms. The number of carbonyl (C=O) groups excluding carboxylic acids is 1. The molecule has 0 saturated carbocycles. The molecule has 2 N–H and O–H groups in total. The number of rotatable bonds is 5. The summed E-state index contributed by atoms with van der Waals surface area (Å²) in [5.74, 6) is -0.401. The number of nitrogens with two attached hydrogens (primary N) is 1. The van der Waals surface area contributed by atoms with Crippen LogP contribution in [0.15, 0.2) is 42.5 Å². The Kier molecular flexibility index (Phi) is 4.39. The van der Waals surface area contributed by atoms with Gasteiger partial charge in [-0.25, -0.2) is 0 Å². The Labute approximate surface area is 125 Å². The van der Waals surface area contributed by atoms with E-state index in [1.807, 2.05) is 0 Å². The molecule has 1 amide bonds. The average Bonchev–Trinajstić information content (AvgIpc) is 2.45. The Balaban J connectivity index is 2.20. The zero-order valence-electron chi connectivity index (χ0n) is 10.8. The Morgan fingerprint density at radius 1 is 1.29 bits per heavy atom. The maximum atomic E-state index is 11.3. The van der Waals surface area contributed by atoms with E-state index in [4.69, 9.17) is 22.1 Å². The van der Waals surface area contributed by atoms with Crippen LogP contribution < -0.4 is 10.5 Å². The minimum absolute atomic E-state index is 0.0303. The van der Waals surface area contributed by atoms with Crippen LogP contribution in [0.4, 0.5) is 5.69 Å². The van der Waals surface area contributed by atoms with E-state index in [9.17, 15) is 14.9 Å². The molecule has 0 fully saturated rings. The summed E-state index contributed by atoms with van der Waals surface area (Å²) in [5.41, 5.74) is 6.01. The summed E-state index contributed by atoms with van der Waals surface area (Å²) in [5, 5.41) is 11.1. The standard InChI is InChI=1S/C14H11ClN2O4/c15-10-4-5-12(14(16)18)13(7-10)21-8-9-2-1-3-11(6-9)17(19)20/h1-7H,8H2,(H2,16,18).